The second kappa shape index (κ2) is 5.79. The summed E-state index contributed by atoms with van der Waals surface area (Å²) in [5.74, 6) is -1.98. The molecule has 0 atom stereocenters. The van der Waals surface area contributed by atoms with Gasteiger partial charge in [-0.1, -0.05) is 12.1 Å². The molecule has 0 aromatic heterocycles. The van der Waals surface area contributed by atoms with Gasteiger partial charge in [-0.25, -0.2) is 10.0 Å². The highest BCUT2D eigenvalue weighted by Crippen LogP contribution is 2.37. The Morgan fingerprint density at radius 3 is 2.37 bits per heavy atom. The van der Waals surface area contributed by atoms with Crippen LogP contribution in [0.5, 0.6) is 5.75 Å². The highest BCUT2D eigenvalue weighted by atomic mass is 19.4. The van der Waals surface area contributed by atoms with Crippen LogP contribution in [-0.2, 0) is 0 Å². The van der Waals surface area contributed by atoms with Gasteiger partial charge in [-0.3, -0.25) is 10.0 Å². The number of nitrogens with one attached hydrogen (secondary N) is 1. The van der Waals surface area contributed by atoms with Crippen molar-refractivity contribution in [2.24, 2.45) is 0 Å². The number of hydrogen-bond acceptors (Lipinski definition) is 7. The van der Waals surface area contributed by atoms with Crippen LogP contribution in [0.4, 0.5) is 24.5 Å². The quantitative estimate of drug-likeness (QED) is 0.820. The van der Waals surface area contributed by atoms with Gasteiger partial charge in [0.2, 0.25) is 0 Å². The van der Waals surface area contributed by atoms with Crippen LogP contribution in [0.2, 0.25) is 0 Å². The number of anilines is 2. The summed E-state index contributed by atoms with van der Waals surface area (Å²) in [6, 6.07) is 10.6. The van der Waals surface area contributed by atoms with Crippen molar-refractivity contribution < 1.29 is 33.0 Å². The molecule has 140 valence electrons. The van der Waals surface area contributed by atoms with Crippen molar-refractivity contribution >= 4 is 17.3 Å². The number of rotatable bonds is 2. The molecule has 0 unspecified atom stereocenters. The molecule has 27 heavy (non-hydrogen) atoms. The van der Waals surface area contributed by atoms with Crippen LogP contribution in [0.1, 0.15) is 10.4 Å². The second-order valence-electron chi connectivity index (χ2n) is 5.56. The summed E-state index contributed by atoms with van der Waals surface area (Å²) >= 11 is 0. The van der Waals surface area contributed by atoms with E-state index in [0.717, 1.165) is 34.3 Å². The van der Waals surface area contributed by atoms with Crippen molar-refractivity contribution in [3.63, 3.8) is 0 Å². The molecule has 1 amide bonds. The Morgan fingerprint density at radius 1 is 1.04 bits per heavy atom. The van der Waals surface area contributed by atoms with Gasteiger partial charge < -0.3 is 15.2 Å². The van der Waals surface area contributed by atoms with E-state index in [9.17, 15) is 28.3 Å². The molecule has 0 aliphatic carbocycles. The standard InChI is InChI=1S/C16H11F3N4O4/c17-16(18,19)27-10-7-5-9(6-8-10)21-15(25)13-20-14(24)11-3-1-2-4-12(11)22(13)23(21)26/h1-8,25-26H,(H,20,24)/p-1. The van der Waals surface area contributed by atoms with Crippen molar-refractivity contribution in [3.8, 4) is 5.75 Å². The van der Waals surface area contributed by atoms with Crippen molar-refractivity contribution in [2.75, 3.05) is 10.0 Å². The maximum atomic E-state index is 12.6. The first-order valence-electron chi connectivity index (χ1n) is 7.53. The third-order valence-electron chi connectivity index (χ3n) is 3.89. The molecule has 8 nitrogen and oxygen atoms in total. The zero-order valence-electron chi connectivity index (χ0n) is 13.3. The maximum Gasteiger partial charge on any atom is 0.573 e. The van der Waals surface area contributed by atoms with E-state index in [4.69, 9.17) is 0 Å². The molecule has 2 aromatic rings. The number of para-hydroxylation sites is 1. The van der Waals surface area contributed by atoms with Crippen molar-refractivity contribution in [1.29, 1.82) is 0 Å². The highest BCUT2D eigenvalue weighted by Gasteiger charge is 2.40. The zero-order chi connectivity index (χ0) is 19.3. The number of hydrazine groups is 2. The van der Waals surface area contributed by atoms with E-state index in [-0.39, 0.29) is 22.8 Å². The first-order chi connectivity index (χ1) is 12.8. The van der Waals surface area contributed by atoms with Crippen molar-refractivity contribution in [2.45, 2.75) is 6.36 Å². The van der Waals surface area contributed by atoms with E-state index >= 15 is 0 Å². The third-order valence-corrected chi connectivity index (χ3v) is 3.89. The van der Waals surface area contributed by atoms with Gasteiger partial charge in [0.15, 0.2) is 0 Å². The Kier molecular flexibility index (Phi) is 3.64. The van der Waals surface area contributed by atoms with E-state index in [0.29, 0.717) is 5.28 Å². The van der Waals surface area contributed by atoms with Crippen molar-refractivity contribution in [1.82, 2.24) is 10.6 Å². The van der Waals surface area contributed by atoms with E-state index in [1.165, 1.54) is 12.1 Å². The number of amides is 1. The number of hydrogen-bond donors (Lipinski definition) is 2. The summed E-state index contributed by atoms with van der Waals surface area (Å²) in [4.78, 5) is 12.1. The first kappa shape index (κ1) is 17.0. The summed E-state index contributed by atoms with van der Waals surface area (Å²) in [7, 11) is 0. The van der Waals surface area contributed by atoms with Crippen LogP contribution in [0.15, 0.2) is 60.2 Å². The second-order valence-corrected chi connectivity index (χ2v) is 5.56. The van der Waals surface area contributed by atoms with Gasteiger partial charge in [0.25, 0.3) is 5.91 Å². The molecule has 2 aliphatic heterocycles. The number of carbonyl (C=O) groups is 1. The van der Waals surface area contributed by atoms with Gasteiger partial charge in [0.1, 0.15) is 11.6 Å². The molecule has 0 bridgehead atoms. The number of nitrogens with zero attached hydrogens (tertiary/aromatic N) is 3. The summed E-state index contributed by atoms with van der Waals surface area (Å²) in [6.45, 7) is 0. The van der Waals surface area contributed by atoms with Gasteiger partial charge in [-0.15, -0.1) is 13.2 Å². The van der Waals surface area contributed by atoms with Crippen LogP contribution >= 0.6 is 0 Å². The van der Waals surface area contributed by atoms with Gasteiger partial charge in [0.05, 0.1) is 16.9 Å². The van der Waals surface area contributed by atoms with Crippen molar-refractivity contribution in [3.05, 3.63) is 65.8 Å². The van der Waals surface area contributed by atoms with E-state index in [1.807, 2.05) is 0 Å². The molecule has 0 saturated carbocycles. The predicted octanol–water partition coefficient (Wildman–Crippen LogP) is 1.66. The molecule has 0 fully saturated rings. The fraction of sp³-hybridized carbons (Fsp3) is 0.0625. The molecular formula is C16H10F3N4O4-. The number of ether oxygens (including phenoxy) is 1. The lowest BCUT2D eigenvalue weighted by molar-refractivity contribution is -0.314. The SMILES string of the molecule is O=C1NC2=C([O-])N(c3ccc(OC(F)(F)F)cc3)N(O)N2c2ccccc21. The number of benzene rings is 2. The molecule has 0 saturated heterocycles. The first-order valence-corrected chi connectivity index (χ1v) is 7.53. The maximum absolute atomic E-state index is 12.6. The Balaban J connectivity index is 1.70. The Hall–Kier alpha value is -3.44. The molecule has 0 spiro atoms. The van der Waals surface area contributed by atoms with E-state index in [2.05, 4.69) is 10.1 Å². The van der Waals surface area contributed by atoms with Gasteiger partial charge >= 0.3 is 6.36 Å². The average molecular weight is 379 g/mol. The van der Waals surface area contributed by atoms with Gasteiger partial charge in [0, 0.05) is 11.2 Å². The van der Waals surface area contributed by atoms with Crippen LogP contribution in [0, 0.1) is 0 Å². The Labute approximate surface area is 149 Å². The Bertz CT molecular complexity index is 945. The minimum absolute atomic E-state index is 0.0608. The molecule has 11 heteroatoms. The summed E-state index contributed by atoms with van der Waals surface area (Å²) < 4.78 is 40.6. The summed E-state index contributed by atoms with van der Waals surface area (Å²) in [5, 5.41) is 27.8. The topological polar surface area (TPSA) is 91.3 Å². The minimum atomic E-state index is -4.85. The smallest absolute Gasteiger partial charge is 0.573 e. The highest BCUT2D eigenvalue weighted by molar-refractivity contribution is 6.03. The number of fused-ring (bicyclic) bond motifs is 3. The molecule has 2 aliphatic rings. The van der Waals surface area contributed by atoms with Crippen LogP contribution < -0.4 is 25.2 Å². The lowest BCUT2D eigenvalue weighted by atomic mass is 10.1. The van der Waals surface area contributed by atoms with E-state index < -0.39 is 23.9 Å². The monoisotopic (exact) mass is 379 g/mol. The van der Waals surface area contributed by atoms with Crippen LogP contribution in [-0.4, -0.2) is 22.8 Å². The summed E-state index contributed by atoms with van der Waals surface area (Å²) in [5.41, 5.74) is 0.571. The zero-order valence-corrected chi connectivity index (χ0v) is 13.3. The summed E-state index contributed by atoms with van der Waals surface area (Å²) in [6.07, 6.45) is -4.85. The van der Waals surface area contributed by atoms with Crippen LogP contribution in [0.3, 0.4) is 0 Å². The molecule has 2 aromatic carbocycles. The minimum Gasteiger partial charge on any atom is -0.856 e. The lowest BCUT2D eigenvalue weighted by Crippen LogP contribution is -2.49. The van der Waals surface area contributed by atoms with Crippen LogP contribution in [0.25, 0.3) is 0 Å². The molecule has 2 N–H and O–H groups in total. The molecular weight excluding hydrogens is 369 g/mol. The number of carbonyl (C=O) groups excluding carboxylic acids is 1. The largest absolute Gasteiger partial charge is 0.856 e. The fourth-order valence-electron chi connectivity index (χ4n) is 2.81. The Morgan fingerprint density at radius 2 is 1.70 bits per heavy atom. The number of alkyl halides is 3. The molecule has 0 radical (unpaired) electrons. The molecule has 2 heterocycles. The molecule has 4 rings (SSSR count). The fourth-order valence-corrected chi connectivity index (χ4v) is 2.81. The van der Waals surface area contributed by atoms with E-state index in [1.54, 1.807) is 12.1 Å². The van der Waals surface area contributed by atoms with Gasteiger partial charge in [-0.05, 0) is 36.4 Å². The van der Waals surface area contributed by atoms with Gasteiger partial charge in [-0.2, -0.15) is 0 Å². The normalized spacial score (nSPS) is 17.0. The predicted molar refractivity (Wildman–Crippen MR) is 82.6 cm³/mol. The average Bonchev–Trinajstić information content (AvgIpc) is 2.86. The number of halogens is 3. The third kappa shape index (κ3) is 2.78. The lowest BCUT2D eigenvalue weighted by Gasteiger charge is -2.34.